The Morgan fingerprint density at radius 3 is 2.67 bits per heavy atom. The van der Waals surface area contributed by atoms with E-state index in [0.717, 1.165) is 31.1 Å². The topological polar surface area (TPSA) is 27.7 Å². The van der Waals surface area contributed by atoms with Crippen LogP contribution in [0.4, 0.5) is 0 Å². The van der Waals surface area contributed by atoms with Gasteiger partial charge in [0.2, 0.25) is 9.76 Å². The van der Waals surface area contributed by atoms with Crippen LogP contribution in [0.5, 0.6) is 0 Å². The fraction of sp³-hybridized carbons (Fsp3) is 0.529. The molecule has 1 rings (SSSR count). The molecular weight excluding hydrogens is 280 g/mol. The molecule has 1 aromatic carbocycles. The molecule has 0 saturated carbocycles. The summed E-state index contributed by atoms with van der Waals surface area (Å²) in [6, 6.07) is 9.38. The van der Waals surface area contributed by atoms with Crippen molar-refractivity contribution in [3.63, 3.8) is 0 Å². The average Bonchev–Trinajstić information content (AvgIpc) is 2.51. The van der Waals surface area contributed by atoms with Gasteiger partial charge in [0.05, 0.1) is 0 Å². The molecule has 0 N–H and O–H groups in total. The molecule has 0 atom stereocenters. The lowest BCUT2D eigenvalue weighted by molar-refractivity contribution is -0.136. The third-order valence-electron chi connectivity index (χ3n) is 2.97. The van der Waals surface area contributed by atoms with E-state index in [2.05, 4.69) is 30.8 Å². The summed E-state index contributed by atoms with van der Waals surface area (Å²) in [6.07, 6.45) is 3.62. The number of rotatable bonds is 12. The van der Waals surface area contributed by atoms with Crippen LogP contribution in [0.25, 0.3) is 6.08 Å². The normalized spacial score (nSPS) is 11.0. The zero-order chi connectivity index (χ0) is 15.3. The molecule has 0 aliphatic heterocycles. The van der Waals surface area contributed by atoms with Crippen LogP contribution in [-0.4, -0.2) is 35.9 Å². The van der Waals surface area contributed by atoms with Gasteiger partial charge in [-0.2, -0.15) is 0 Å². The molecule has 3 nitrogen and oxygen atoms in total. The van der Waals surface area contributed by atoms with Gasteiger partial charge in [-0.15, -0.1) is 0 Å². The standard InChI is InChI=1S/C17H26O3Si/c1-4-15-8-7-9-16(14-15)10-12-20-21-13-11-17(18-5-2)19-6-3/h4,7-9,14,17H,1,5-6,10-13H2,2-3H3. The summed E-state index contributed by atoms with van der Waals surface area (Å²) in [5, 5.41) is 0. The predicted octanol–water partition coefficient (Wildman–Crippen LogP) is 3.72. The van der Waals surface area contributed by atoms with Gasteiger partial charge < -0.3 is 13.9 Å². The Morgan fingerprint density at radius 1 is 1.24 bits per heavy atom. The van der Waals surface area contributed by atoms with E-state index < -0.39 is 0 Å². The van der Waals surface area contributed by atoms with Gasteiger partial charge in [-0.25, -0.2) is 0 Å². The van der Waals surface area contributed by atoms with E-state index in [1.807, 2.05) is 19.9 Å². The molecule has 116 valence electrons. The van der Waals surface area contributed by atoms with Crippen LogP contribution in [0.2, 0.25) is 6.04 Å². The van der Waals surface area contributed by atoms with Crippen LogP contribution in [0.15, 0.2) is 30.8 Å². The van der Waals surface area contributed by atoms with E-state index in [-0.39, 0.29) is 6.29 Å². The number of ether oxygens (including phenoxy) is 2. The van der Waals surface area contributed by atoms with Gasteiger partial charge >= 0.3 is 0 Å². The maximum absolute atomic E-state index is 5.71. The largest absolute Gasteiger partial charge is 0.417 e. The van der Waals surface area contributed by atoms with Crippen LogP contribution in [0, 0.1) is 0 Å². The second kappa shape index (κ2) is 11.7. The van der Waals surface area contributed by atoms with Crippen molar-refractivity contribution in [1.82, 2.24) is 0 Å². The maximum atomic E-state index is 5.71. The third-order valence-corrected chi connectivity index (χ3v) is 3.87. The van der Waals surface area contributed by atoms with Crippen LogP contribution < -0.4 is 0 Å². The Morgan fingerprint density at radius 2 is 2.00 bits per heavy atom. The summed E-state index contributed by atoms with van der Waals surface area (Å²) in [5.74, 6) is 0. The second-order valence-electron chi connectivity index (χ2n) is 4.57. The van der Waals surface area contributed by atoms with Gasteiger partial charge in [-0.3, -0.25) is 0 Å². The quantitative estimate of drug-likeness (QED) is 0.335. The Balaban J connectivity index is 2.12. The first-order valence-corrected chi connectivity index (χ1v) is 8.70. The predicted molar refractivity (Wildman–Crippen MR) is 88.4 cm³/mol. The lowest BCUT2D eigenvalue weighted by Gasteiger charge is -2.16. The number of hydrogen-bond donors (Lipinski definition) is 0. The minimum Gasteiger partial charge on any atom is -0.417 e. The van der Waals surface area contributed by atoms with Crippen molar-refractivity contribution in [2.75, 3.05) is 19.8 Å². The smallest absolute Gasteiger partial charge is 0.229 e. The molecule has 4 heteroatoms. The lowest BCUT2D eigenvalue weighted by Crippen LogP contribution is -2.18. The summed E-state index contributed by atoms with van der Waals surface area (Å²) in [5.41, 5.74) is 2.45. The van der Waals surface area contributed by atoms with Gasteiger partial charge in [0.1, 0.15) is 0 Å². The van der Waals surface area contributed by atoms with E-state index >= 15 is 0 Å². The van der Waals surface area contributed by atoms with Crippen LogP contribution in [-0.2, 0) is 20.3 Å². The molecule has 0 spiro atoms. The zero-order valence-corrected chi connectivity index (χ0v) is 14.1. The Kier molecular flexibility index (Phi) is 10.1. The average molecular weight is 306 g/mol. The van der Waals surface area contributed by atoms with Crippen molar-refractivity contribution in [2.24, 2.45) is 0 Å². The minimum absolute atomic E-state index is 0.0830. The first kappa shape index (κ1) is 18.1. The fourth-order valence-electron chi connectivity index (χ4n) is 1.95. The minimum atomic E-state index is -0.0830. The molecular formula is C17H26O3Si. The highest BCUT2D eigenvalue weighted by Crippen LogP contribution is 2.08. The van der Waals surface area contributed by atoms with Gasteiger partial charge in [0.25, 0.3) is 0 Å². The molecule has 0 unspecified atom stereocenters. The van der Waals surface area contributed by atoms with Gasteiger partial charge in [-0.1, -0.05) is 36.9 Å². The van der Waals surface area contributed by atoms with E-state index in [1.165, 1.54) is 5.56 Å². The van der Waals surface area contributed by atoms with Gasteiger partial charge in [0, 0.05) is 19.8 Å². The fourth-order valence-corrected chi connectivity index (χ4v) is 2.70. The Bertz CT molecular complexity index is 389. The Labute approximate surface area is 131 Å². The highest BCUT2D eigenvalue weighted by atomic mass is 28.2. The van der Waals surface area contributed by atoms with Crippen LogP contribution in [0.1, 0.15) is 31.4 Å². The van der Waals surface area contributed by atoms with Crippen molar-refractivity contribution in [1.29, 1.82) is 0 Å². The van der Waals surface area contributed by atoms with Crippen molar-refractivity contribution in [2.45, 2.75) is 39.0 Å². The van der Waals surface area contributed by atoms with Crippen molar-refractivity contribution in [3.8, 4) is 0 Å². The van der Waals surface area contributed by atoms with E-state index in [1.54, 1.807) is 0 Å². The number of benzene rings is 1. The first-order chi connectivity index (χ1) is 10.3. The lowest BCUT2D eigenvalue weighted by atomic mass is 10.1. The molecule has 21 heavy (non-hydrogen) atoms. The number of hydrogen-bond acceptors (Lipinski definition) is 3. The summed E-state index contributed by atoms with van der Waals surface area (Å²) in [6.45, 7) is 9.90. The molecule has 0 fully saturated rings. The molecule has 0 aliphatic carbocycles. The molecule has 0 bridgehead atoms. The molecule has 0 heterocycles. The maximum Gasteiger partial charge on any atom is 0.229 e. The highest BCUT2D eigenvalue weighted by Gasteiger charge is 2.07. The monoisotopic (exact) mass is 306 g/mol. The van der Waals surface area contributed by atoms with E-state index in [0.29, 0.717) is 23.0 Å². The molecule has 1 aromatic rings. The van der Waals surface area contributed by atoms with Gasteiger partial charge in [-0.05, 0) is 43.9 Å². The van der Waals surface area contributed by atoms with E-state index in [9.17, 15) is 0 Å². The second-order valence-corrected chi connectivity index (χ2v) is 5.65. The zero-order valence-electron chi connectivity index (χ0n) is 13.1. The van der Waals surface area contributed by atoms with Crippen LogP contribution >= 0.6 is 0 Å². The molecule has 0 aliphatic rings. The third kappa shape index (κ3) is 8.17. The molecule has 2 radical (unpaired) electrons. The van der Waals surface area contributed by atoms with Gasteiger partial charge in [0.15, 0.2) is 6.29 Å². The van der Waals surface area contributed by atoms with Crippen molar-refractivity contribution in [3.05, 3.63) is 42.0 Å². The van der Waals surface area contributed by atoms with Crippen molar-refractivity contribution >= 4 is 15.8 Å². The first-order valence-electron chi connectivity index (χ1n) is 7.59. The molecule has 0 aromatic heterocycles. The SMILES string of the molecule is C=Cc1cccc(CCO[Si]CCC(OCC)OCC)c1. The van der Waals surface area contributed by atoms with Crippen LogP contribution in [0.3, 0.4) is 0 Å². The summed E-state index contributed by atoms with van der Waals surface area (Å²) >= 11 is 0. The summed E-state index contributed by atoms with van der Waals surface area (Å²) < 4.78 is 16.7. The summed E-state index contributed by atoms with van der Waals surface area (Å²) in [4.78, 5) is 0. The van der Waals surface area contributed by atoms with Crippen molar-refractivity contribution < 1.29 is 13.9 Å². The Hall–Kier alpha value is -0.943. The molecule has 0 saturated heterocycles. The van der Waals surface area contributed by atoms with E-state index in [4.69, 9.17) is 13.9 Å². The summed E-state index contributed by atoms with van der Waals surface area (Å²) in [7, 11) is 0.503. The molecule has 0 amide bonds. The highest BCUT2D eigenvalue weighted by molar-refractivity contribution is 6.26.